The molecule has 0 fully saturated rings. The third-order valence-electron chi connectivity index (χ3n) is 9.41. The van der Waals surface area contributed by atoms with Gasteiger partial charge in [-0.2, -0.15) is 0 Å². The smallest absolute Gasteiger partial charge is 0.360 e. The maximum absolute atomic E-state index is 13.2. The number of fused-ring (bicyclic) bond motifs is 4. The molecule has 0 aromatic carbocycles. The van der Waals surface area contributed by atoms with E-state index in [9.17, 15) is 30.0 Å². The van der Waals surface area contributed by atoms with E-state index in [4.69, 9.17) is 23.0 Å². The molecule has 0 spiro atoms. The van der Waals surface area contributed by atoms with E-state index in [1.807, 2.05) is 6.08 Å². The van der Waals surface area contributed by atoms with Gasteiger partial charge in [0.2, 0.25) is 5.89 Å². The molecule has 2 aromatic rings. The number of hydrogen-bond acceptors (Lipinski definition) is 13. The number of esters is 2. The van der Waals surface area contributed by atoms with Gasteiger partial charge in [0.25, 0.3) is 0 Å². The Bertz CT molecular complexity index is 1790. The van der Waals surface area contributed by atoms with E-state index in [-0.39, 0.29) is 42.4 Å². The van der Waals surface area contributed by atoms with Crippen LogP contribution in [0.3, 0.4) is 0 Å². The second kappa shape index (κ2) is 22.0. The summed E-state index contributed by atoms with van der Waals surface area (Å²) in [6.07, 6.45) is 22.8. The lowest BCUT2D eigenvalue weighted by Crippen LogP contribution is -2.42. The minimum atomic E-state index is -1.29. The number of methoxy groups -OCH3 is 1. The molecule has 3 rings (SSSR count). The highest BCUT2D eigenvalue weighted by Gasteiger charge is 2.39. The minimum absolute atomic E-state index is 0.0357. The molecule has 0 amide bonds. The summed E-state index contributed by atoms with van der Waals surface area (Å²) in [5.41, 5.74) is -1.95. The lowest BCUT2D eigenvalue weighted by molar-refractivity contribution is -0.0425. The molecule has 2 aromatic heterocycles. The van der Waals surface area contributed by atoms with Crippen LogP contribution in [0, 0.1) is 10.8 Å². The Morgan fingerprint density at radius 3 is 1.84 bits per heavy atom. The number of carbonyl (C=O) groups excluding carboxylic acids is 2. The van der Waals surface area contributed by atoms with Crippen LogP contribution in [0.1, 0.15) is 87.1 Å². The van der Waals surface area contributed by atoms with Crippen molar-refractivity contribution in [3.63, 3.8) is 0 Å². The van der Waals surface area contributed by atoms with Crippen LogP contribution in [0.25, 0.3) is 6.08 Å². The maximum Gasteiger partial charge on any atom is 0.360 e. The summed E-state index contributed by atoms with van der Waals surface area (Å²) in [7, 11) is 1.54. The molecule has 13 nitrogen and oxygen atoms in total. The molecule has 7 atom stereocenters. The highest BCUT2D eigenvalue weighted by atomic mass is 16.6. The van der Waals surface area contributed by atoms with Gasteiger partial charge in [0, 0.05) is 24.0 Å². The Morgan fingerprint density at radius 1 is 0.696 bits per heavy atom. The summed E-state index contributed by atoms with van der Waals surface area (Å²) in [6, 6.07) is 0. The Morgan fingerprint density at radius 2 is 1.23 bits per heavy atom. The van der Waals surface area contributed by atoms with Crippen molar-refractivity contribution in [3.8, 4) is 0 Å². The van der Waals surface area contributed by atoms with Crippen LogP contribution >= 0.6 is 0 Å². The zero-order valence-electron chi connectivity index (χ0n) is 33.1. The predicted octanol–water partition coefficient (Wildman–Crippen LogP) is 6.21. The van der Waals surface area contributed by atoms with Crippen LogP contribution in [0.2, 0.25) is 0 Å². The molecule has 0 saturated carbocycles. The van der Waals surface area contributed by atoms with Crippen LogP contribution in [0.4, 0.5) is 0 Å². The summed E-state index contributed by atoms with van der Waals surface area (Å²) < 4.78 is 28.0. The van der Waals surface area contributed by atoms with Crippen molar-refractivity contribution < 1.29 is 53.1 Å². The second-order valence-electron chi connectivity index (χ2n) is 14.4. The lowest BCUT2D eigenvalue weighted by atomic mass is 9.79. The third-order valence-corrected chi connectivity index (χ3v) is 9.41. The second-order valence-corrected chi connectivity index (χ2v) is 14.4. The zero-order chi connectivity index (χ0) is 41.3. The molecule has 1 aliphatic rings. The van der Waals surface area contributed by atoms with Crippen molar-refractivity contribution >= 4 is 18.0 Å². The molecular weight excluding hydrogens is 720 g/mol. The van der Waals surface area contributed by atoms with Crippen molar-refractivity contribution in [2.45, 2.75) is 104 Å². The normalized spacial score (nSPS) is 27.7. The molecule has 3 heterocycles. The Kier molecular flexibility index (Phi) is 17.8. The number of nitrogens with zero attached hydrogens (tertiary/aromatic N) is 2. The number of ether oxygens (including phenoxy) is 3. The van der Waals surface area contributed by atoms with Crippen molar-refractivity contribution in [2.24, 2.45) is 10.8 Å². The number of hydrogen-bond donors (Lipinski definition) is 4. The van der Waals surface area contributed by atoms with Gasteiger partial charge in [0.05, 0.1) is 24.7 Å². The Hall–Kier alpha value is -4.92. The van der Waals surface area contributed by atoms with E-state index >= 15 is 0 Å². The van der Waals surface area contributed by atoms with Crippen molar-refractivity contribution in [2.75, 3.05) is 7.11 Å². The van der Waals surface area contributed by atoms with Crippen LogP contribution in [-0.4, -0.2) is 92.2 Å². The molecule has 56 heavy (non-hydrogen) atoms. The summed E-state index contributed by atoms with van der Waals surface area (Å²) in [4.78, 5) is 34.7. The first-order valence-corrected chi connectivity index (χ1v) is 18.5. The van der Waals surface area contributed by atoms with Crippen LogP contribution in [0.15, 0.2) is 113 Å². The molecule has 1 aliphatic heterocycles. The molecule has 4 bridgehead atoms. The SMILES string of the molecule is CC=C[C@@H]1OC(=O)c2coc(n2)C=CC=C[C@H](O)[C@H](O)C=CC[C@@H](O)C(C)(C)[C@@H](C=CC)OC(=O)c2coc(n2)C[C@@H](OC)C=CC=CC=CC[C@@H](O)C1(C)C. The summed E-state index contributed by atoms with van der Waals surface area (Å²) >= 11 is 0. The van der Waals surface area contributed by atoms with Gasteiger partial charge in [-0.3, -0.25) is 0 Å². The third kappa shape index (κ3) is 13.4. The number of oxazole rings is 2. The number of aliphatic hydroxyl groups is 4. The summed E-state index contributed by atoms with van der Waals surface area (Å²) in [5, 5.41) is 43.2. The molecular formula is C43H56N2O11. The van der Waals surface area contributed by atoms with Crippen LogP contribution in [0.5, 0.6) is 0 Å². The van der Waals surface area contributed by atoms with Gasteiger partial charge in [-0.25, -0.2) is 19.6 Å². The number of cyclic esters (lactones) is 2. The fourth-order valence-electron chi connectivity index (χ4n) is 5.42. The average Bonchev–Trinajstić information content (AvgIpc) is 3.85. The van der Waals surface area contributed by atoms with Gasteiger partial charge < -0.3 is 43.5 Å². The van der Waals surface area contributed by atoms with E-state index in [1.54, 1.807) is 103 Å². The van der Waals surface area contributed by atoms with Gasteiger partial charge in [0.1, 0.15) is 36.9 Å². The van der Waals surface area contributed by atoms with E-state index in [0.717, 1.165) is 0 Å². The Labute approximate surface area is 328 Å². The highest BCUT2D eigenvalue weighted by molar-refractivity contribution is 5.87. The quantitative estimate of drug-likeness (QED) is 0.203. The zero-order valence-corrected chi connectivity index (χ0v) is 33.1. The van der Waals surface area contributed by atoms with E-state index in [2.05, 4.69) is 9.97 Å². The van der Waals surface area contributed by atoms with Gasteiger partial charge in [-0.05, 0) is 38.8 Å². The van der Waals surface area contributed by atoms with Gasteiger partial charge in [0.15, 0.2) is 17.3 Å². The van der Waals surface area contributed by atoms with Gasteiger partial charge in [-0.1, -0.05) is 107 Å². The standard InChI is InChI=1S/C43H56N2O11/c1-8-18-36-42(3,4)34(48)23-14-12-10-11-13-20-29(52-7)26-39-45-31(28-54-39)41(51)56-37(19-9-2)43(5,6)35(49)24-17-22-33(47)32(46)21-15-16-25-38-44-30(27-53-38)40(50)55-36/h8-22,25,27-29,32-37,46-49H,23-24,26H2,1-7H3/t29-,32-,33+,34+,35+,36-,37+/m0/s1. The van der Waals surface area contributed by atoms with Crippen molar-refractivity contribution in [1.29, 1.82) is 0 Å². The number of aromatic nitrogens is 2. The molecule has 0 saturated heterocycles. The number of aliphatic hydroxyl groups excluding tert-OH is 4. The summed E-state index contributed by atoms with van der Waals surface area (Å²) in [6.45, 7) is 10.7. The molecule has 13 heteroatoms. The minimum Gasteiger partial charge on any atom is -0.453 e. The van der Waals surface area contributed by atoms with Crippen molar-refractivity contribution in [1.82, 2.24) is 9.97 Å². The van der Waals surface area contributed by atoms with E-state index in [0.29, 0.717) is 0 Å². The largest absolute Gasteiger partial charge is 0.453 e. The average molecular weight is 777 g/mol. The number of carbonyl (C=O) groups is 2. The number of rotatable bonds is 3. The fourth-order valence-corrected chi connectivity index (χ4v) is 5.42. The number of allylic oxidation sites excluding steroid dienone is 8. The fraction of sp³-hybridized carbons (Fsp3) is 0.442. The first-order chi connectivity index (χ1) is 26.6. The highest BCUT2D eigenvalue weighted by Crippen LogP contribution is 2.33. The first kappa shape index (κ1) is 45.5. The van der Waals surface area contributed by atoms with Crippen LogP contribution < -0.4 is 0 Å². The van der Waals surface area contributed by atoms with Gasteiger partial charge in [-0.15, -0.1) is 0 Å². The Balaban J connectivity index is 1.86. The van der Waals surface area contributed by atoms with Crippen molar-refractivity contribution in [3.05, 3.63) is 127 Å². The lowest BCUT2D eigenvalue weighted by Gasteiger charge is -2.35. The predicted molar refractivity (Wildman–Crippen MR) is 211 cm³/mol. The van der Waals surface area contributed by atoms with Gasteiger partial charge >= 0.3 is 11.9 Å². The van der Waals surface area contributed by atoms with E-state index < -0.39 is 65.5 Å². The van der Waals surface area contributed by atoms with Crippen LogP contribution in [-0.2, 0) is 20.6 Å². The van der Waals surface area contributed by atoms with E-state index in [1.165, 1.54) is 49.0 Å². The molecule has 304 valence electrons. The molecule has 0 radical (unpaired) electrons. The molecule has 0 aliphatic carbocycles. The topological polar surface area (TPSA) is 195 Å². The first-order valence-electron chi connectivity index (χ1n) is 18.5. The molecule has 4 N–H and O–H groups in total. The molecule has 0 unspecified atom stereocenters. The summed E-state index contributed by atoms with van der Waals surface area (Å²) in [5.74, 6) is -1.10. The maximum atomic E-state index is 13.2. The monoisotopic (exact) mass is 776 g/mol.